The van der Waals surface area contributed by atoms with Crippen LogP contribution in [0.5, 0.6) is 11.5 Å². The smallest absolute Gasteiger partial charge is 0.328 e. The van der Waals surface area contributed by atoms with E-state index in [9.17, 15) is 9.59 Å². The topological polar surface area (TPSA) is 64.6 Å². The van der Waals surface area contributed by atoms with Gasteiger partial charge in [0.15, 0.2) is 0 Å². The molecule has 1 amide bonds. The molecule has 2 aromatic rings. The van der Waals surface area contributed by atoms with E-state index in [0.29, 0.717) is 11.3 Å². The lowest BCUT2D eigenvalue weighted by molar-refractivity contribution is -0.144. The highest BCUT2D eigenvalue weighted by Gasteiger charge is 2.25. The van der Waals surface area contributed by atoms with Crippen LogP contribution in [0, 0.1) is 5.92 Å². The van der Waals surface area contributed by atoms with Crippen molar-refractivity contribution in [2.75, 3.05) is 7.11 Å². The van der Waals surface area contributed by atoms with E-state index in [4.69, 9.17) is 9.47 Å². The lowest BCUT2D eigenvalue weighted by Crippen LogP contribution is -2.45. The molecule has 1 N–H and O–H groups in total. The molecule has 2 aromatic carbocycles. The third-order valence-electron chi connectivity index (χ3n) is 3.50. The second-order valence-electron chi connectivity index (χ2n) is 5.66. The predicted molar refractivity (Wildman–Crippen MR) is 91.1 cm³/mol. The van der Waals surface area contributed by atoms with E-state index < -0.39 is 12.0 Å². The Hall–Kier alpha value is -2.82. The fourth-order valence-electron chi connectivity index (χ4n) is 2.15. The lowest BCUT2D eigenvalue weighted by atomic mass is 10.0. The molecule has 0 saturated heterocycles. The summed E-state index contributed by atoms with van der Waals surface area (Å²) < 4.78 is 10.4. The van der Waals surface area contributed by atoms with Gasteiger partial charge in [-0.3, -0.25) is 4.79 Å². The number of hydrogen-bond donors (Lipinski definition) is 1. The fourth-order valence-corrected chi connectivity index (χ4v) is 2.15. The number of ether oxygens (including phenoxy) is 2. The van der Waals surface area contributed by atoms with Crippen molar-refractivity contribution < 1.29 is 19.1 Å². The van der Waals surface area contributed by atoms with Crippen LogP contribution >= 0.6 is 0 Å². The molecule has 2 rings (SSSR count). The quantitative estimate of drug-likeness (QED) is 0.826. The van der Waals surface area contributed by atoms with Gasteiger partial charge in [-0.05, 0) is 42.3 Å². The largest absolute Gasteiger partial charge is 0.467 e. The van der Waals surface area contributed by atoms with Crippen LogP contribution in [0.2, 0.25) is 0 Å². The first-order valence-electron chi connectivity index (χ1n) is 7.73. The first kappa shape index (κ1) is 17.5. The molecule has 0 aromatic heterocycles. The number of carbonyl (C=O) groups is 2. The zero-order valence-corrected chi connectivity index (χ0v) is 14.0. The summed E-state index contributed by atoms with van der Waals surface area (Å²) in [5.74, 6) is 0.501. The maximum Gasteiger partial charge on any atom is 0.328 e. The van der Waals surface area contributed by atoms with Crippen LogP contribution in [0.15, 0.2) is 54.6 Å². The third kappa shape index (κ3) is 4.59. The SMILES string of the molecule is COC(=O)[C@@H](NC(=O)c1ccc(Oc2ccccc2)cc1)C(C)C. The highest BCUT2D eigenvalue weighted by Crippen LogP contribution is 2.21. The standard InChI is InChI=1S/C19H21NO4/c1-13(2)17(19(22)23-3)20-18(21)14-9-11-16(12-10-14)24-15-7-5-4-6-8-15/h4-13,17H,1-3H3,(H,20,21)/t17-/m0/s1. The molecule has 0 aliphatic rings. The summed E-state index contributed by atoms with van der Waals surface area (Å²) in [6.45, 7) is 3.69. The Kier molecular flexibility index (Phi) is 5.95. The zero-order valence-electron chi connectivity index (χ0n) is 14.0. The second kappa shape index (κ2) is 8.15. The van der Waals surface area contributed by atoms with E-state index in [2.05, 4.69) is 5.32 Å². The summed E-state index contributed by atoms with van der Waals surface area (Å²) in [6, 6.07) is 15.4. The fraction of sp³-hybridized carbons (Fsp3) is 0.263. The van der Waals surface area contributed by atoms with Gasteiger partial charge in [-0.15, -0.1) is 0 Å². The van der Waals surface area contributed by atoms with Crippen molar-refractivity contribution >= 4 is 11.9 Å². The predicted octanol–water partition coefficient (Wildman–Crippen LogP) is 3.41. The Morgan fingerprint density at radius 2 is 1.50 bits per heavy atom. The number of esters is 1. The van der Waals surface area contributed by atoms with Crippen molar-refractivity contribution in [3.63, 3.8) is 0 Å². The molecule has 24 heavy (non-hydrogen) atoms. The van der Waals surface area contributed by atoms with Crippen molar-refractivity contribution in [1.29, 1.82) is 0 Å². The molecular weight excluding hydrogens is 306 g/mol. The van der Waals surface area contributed by atoms with Gasteiger partial charge >= 0.3 is 5.97 Å². The Labute approximate surface area is 141 Å². The van der Waals surface area contributed by atoms with Crippen LogP contribution in [-0.2, 0) is 9.53 Å². The van der Waals surface area contributed by atoms with Crippen molar-refractivity contribution in [3.8, 4) is 11.5 Å². The molecule has 0 aliphatic heterocycles. The third-order valence-corrected chi connectivity index (χ3v) is 3.50. The van der Waals surface area contributed by atoms with E-state index in [-0.39, 0.29) is 11.8 Å². The summed E-state index contributed by atoms with van der Waals surface area (Å²) in [5.41, 5.74) is 0.449. The van der Waals surface area contributed by atoms with Crippen LogP contribution in [0.25, 0.3) is 0 Å². The van der Waals surface area contributed by atoms with Gasteiger partial charge in [0, 0.05) is 5.56 Å². The number of benzene rings is 2. The van der Waals surface area contributed by atoms with E-state index >= 15 is 0 Å². The number of carbonyl (C=O) groups excluding carboxylic acids is 2. The van der Waals surface area contributed by atoms with Gasteiger partial charge in [0.1, 0.15) is 17.5 Å². The highest BCUT2D eigenvalue weighted by atomic mass is 16.5. The molecule has 0 bridgehead atoms. The molecule has 0 radical (unpaired) electrons. The summed E-state index contributed by atoms with van der Waals surface area (Å²) in [5, 5.41) is 2.70. The number of para-hydroxylation sites is 1. The zero-order chi connectivity index (χ0) is 17.5. The second-order valence-corrected chi connectivity index (χ2v) is 5.66. The maximum atomic E-state index is 12.3. The van der Waals surface area contributed by atoms with E-state index in [0.717, 1.165) is 5.75 Å². The molecule has 0 aliphatic carbocycles. The van der Waals surface area contributed by atoms with Gasteiger partial charge in [0.25, 0.3) is 5.91 Å². The average Bonchev–Trinajstić information content (AvgIpc) is 2.60. The monoisotopic (exact) mass is 327 g/mol. The molecule has 0 saturated carbocycles. The summed E-state index contributed by atoms with van der Waals surface area (Å²) in [7, 11) is 1.31. The van der Waals surface area contributed by atoms with Crippen molar-refractivity contribution in [3.05, 3.63) is 60.2 Å². The normalized spacial score (nSPS) is 11.7. The van der Waals surface area contributed by atoms with Crippen LogP contribution in [-0.4, -0.2) is 25.0 Å². The number of rotatable bonds is 6. The van der Waals surface area contributed by atoms with Gasteiger partial charge < -0.3 is 14.8 Å². The van der Waals surface area contributed by atoms with Gasteiger partial charge in [-0.1, -0.05) is 32.0 Å². The molecule has 5 heteroatoms. The summed E-state index contributed by atoms with van der Waals surface area (Å²) in [6.07, 6.45) is 0. The number of hydrogen-bond acceptors (Lipinski definition) is 4. The number of methoxy groups -OCH3 is 1. The van der Waals surface area contributed by atoms with Crippen LogP contribution < -0.4 is 10.1 Å². The average molecular weight is 327 g/mol. The summed E-state index contributed by atoms with van der Waals surface area (Å²) in [4.78, 5) is 24.0. The Balaban J connectivity index is 2.04. The molecular formula is C19H21NO4. The minimum atomic E-state index is -0.678. The molecule has 0 spiro atoms. The number of nitrogens with one attached hydrogen (secondary N) is 1. The van der Waals surface area contributed by atoms with Crippen molar-refractivity contribution in [2.24, 2.45) is 5.92 Å². The van der Waals surface area contributed by atoms with Gasteiger partial charge in [0.05, 0.1) is 7.11 Å². The molecule has 0 heterocycles. The molecule has 1 atom stereocenters. The van der Waals surface area contributed by atoms with Crippen molar-refractivity contribution in [1.82, 2.24) is 5.32 Å². The minimum Gasteiger partial charge on any atom is -0.467 e. The highest BCUT2D eigenvalue weighted by molar-refractivity contribution is 5.96. The summed E-state index contributed by atoms with van der Waals surface area (Å²) >= 11 is 0. The maximum absolute atomic E-state index is 12.3. The van der Waals surface area contributed by atoms with E-state index in [1.165, 1.54) is 7.11 Å². The Bertz CT molecular complexity index is 680. The van der Waals surface area contributed by atoms with Crippen LogP contribution in [0.1, 0.15) is 24.2 Å². The van der Waals surface area contributed by atoms with E-state index in [1.54, 1.807) is 24.3 Å². The number of amides is 1. The van der Waals surface area contributed by atoms with E-state index in [1.807, 2.05) is 44.2 Å². The van der Waals surface area contributed by atoms with Gasteiger partial charge in [0.2, 0.25) is 0 Å². The van der Waals surface area contributed by atoms with Gasteiger partial charge in [-0.25, -0.2) is 4.79 Å². The van der Waals surface area contributed by atoms with Crippen LogP contribution in [0.4, 0.5) is 0 Å². The molecule has 126 valence electrons. The van der Waals surface area contributed by atoms with Crippen LogP contribution in [0.3, 0.4) is 0 Å². The Morgan fingerprint density at radius 3 is 2.04 bits per heavy atom. The molecule has 0 fully saturated rings. The van der Waals surface area contributed by atoms with Crippen molar-refractivity contribution in [2.45, 2.75) is 19.9 Å². The first-order chi connectivity index (χ1) is 11.5. The lowest BCUT2D eigenvalue weighted by Gasteiger charge is -2.19. The Morgan fingerprint density at radius 1 is 0.917 bits per heavy atom. The molecule has 5 nitrogen and oxygen atoms in total. The minimum absolute atomic E-state index is 0.0675. The molecule has 0 unspecified atom stereocenters. The van der Waals surface area contributed by atoms with Gasteiger partial charge in [-0.2, -0.15) is 0 Å². The first-order valence-corrected chi connectivity index (χ1v) is 7.73.